The third-order valence-electron chi connectivity index (χ3n) is 3.18. The maximum Gasteiger partial charge on any atom is 0.328 e. The van der Waals surface area contributed by atoms with E-state index in [1.54, 1.807) is 23.9 Å². The molecule has 0 atom stereocenters. The highest BCUT2D eigenvalue weighted by atomic mass is 32.2. The summed E-state index contributed by atoms with van der Waals surface area (Å²) < 4.78 is 5.16. The molecule has 0 aromatic heterocycles. The van der Waals surface area contributed by atoms with Crippen LogP contribution in [0.25, 0.3) is 6.08 Å². The number of rotatable bonds is 7. The van der Waals surface area contributed by atoms with E-state index in [0.29, 0.717) is 17.1 Å². The average molecular weight is 330 g/mol. The Morgan fingerprint density at radius 3 is 2.61 bits per heavy atom. The van der Waals surface area contributed by atoms with E-state index >= 15 is 0 Å². The van der Waals surface area contributed by atoms with Gasteiger partial charge >= 0.3 is 5.97 Å². The Morgan fingerprint density at radius 1 is 1.22 bits per heavy atom. The van der Waals surface area contributed by atoms with Crippen LogP contribution in [0.3, 0.4) is 0 Å². The molecule has 0 saturated heterocycles. The molecule has 0 amide bonds. The molecule has 2 N–H and O–H groups in total. The molecular weight excluding hydrogens is 312 g/mol. The zero-order valence-electron chi connectivity index (χ0n) is 12.7. The van der Waals surface area contributed by atoms with Crippen LogP contribution in [0.15, 0.2) is 48.5 Å². The van der Waals surface area contributed by atoms with Crippen molar-refractivity contribution in [1.29, 1.82) is 0 Å². The van der Waals surface area contributed by atoms with E-state index in [0.717, 1.165) is 17.4 Å². The number of phenolic OH excluding ortho intramolecular Hbond substituents is 1. The van der Waals surface area contributed by atoms with Crippen LogP contribution in [0.4, 0.5) is 0 Å². The van der Waals surface area contributed by atoms with Gasteiger partial charge in [-0.1, -0.05) is 30.3 Å². The minimum atomic E-state index is -1.02. The minimum Gasteiger partial charge on any atom is -0.504 e. The molecular formula is C18H18O4S. The van der Waals surface area contributed by atoms with Gasteiger partial charge in [-0.15, -0.1) is 0 Å². The number of benzene rings is 2. The first-order valence-corrected chi connectivity index (χ1v) is 8.18. The molecule has 0 unspecified atom stereocenters. The first-order chi connectivity index (χ1) is 11.1. The Balaban J connectivity index is 2.12. The fourth-order valence-electron chi connectivity index (χ4n) is 2.07. The summed E-state index contributed by atoms with van der Waals surface area (Å²) in [6.07, 6.45) is 2.54. The van der Waals surface area contributed by atoms with Crippen molar-refractivity contribution in [1.82, 2.24) is 0 Å². The molecule has 0 heterocycles. The zero-order valence-corrected chi connectivity index (χ0v) is 13.5. The molecule has 0 fully saturated rings. The van der Waals surface area contributed by atoms with Gasteiger partial charge in [-0.3, -0.25) is 0 Å². The topological polar surface area (TPSA) is 66.8 Å². The fourth-order valence-corrected chi connectivity index (χ4v) is 3.04. The van der Waals surface area contributed by atoms with Gasteiger partial charge in [-0.2, -0.15) is 11.8 Å². The highest BCUT2D eigenvalue weighted by molar-refractivity contribution is 7.97. The summed E-state index contributed by atoms with van der Waals surface area (Å²) in [4.78, 5) is 10.6. The summed E-state index contributed by atoms with van der Waals surface area (Å²) in [6.45, 7) is 0. The lowest BCUT2D eigenvalue weighted by Gasteiger charge is -2.11. The van der Waals surface area contributed by atoms with E-state index in [2.05, 4.69) is 12.1 Å². The molecule has 0 radical (unpaired) electrons. The van der Waals surface area contributed by atoms with E-state index in [9.17, 15) is 9.90 Å². The average Bonchev–Trinajstić information content (AvgIpc) is 2.56. The third-order valence-corrected chi connectivity index (χ3v) is 4.24. The van der Waals surface area contributed by atoms with Gasteiger partial charge in [-0.05, 0) is 29.3 Å². The predicted molar refractivity (Wildman–Crippen MR) is 92.8 cm³/mol. The number of aliphatic carboxylic acids is 1. The largest absolute Gasteiger partial charge is 0.504 e. The second-order valence-corrected chi connectivity index (χ2v) is 5.87. The lowest BCUT2D eigenvalue weighted by atomic mass is 10.1. The summed E-state index contributed by atoms with van der Waals surface area (Å²) >= 11 is 1.67. The number of aromatic hydroxyl groups is 1. The van der Waals surface area contributed by atoms with Crippen LogP contribution in [0.2, 0.25) is 0 Å². The van der Waals surface area contributed by atoms with Crippen LogP contribution in [-0.2, 0) is 16.3 Å². The van der Waals surface area contributed by atoms with Gasteiger partial charge in [0.15, 0.2) is 11.5 Å². The van der Waals surface area contributed by atoms with E-state index in [1.165, 1.54) is 18.7 Å². The van der Waals surface area contributed by atoms with Crippen molar-refractivity contribution in [3.8, 4) is 11.5 Å². The monoisotopic (exact) mass is 330 g/mol. The van der Waals surface area contributed by atoms with E-state index in [4.69, 9.17) is 9.84 Å². The van der Waals surface area contributed by atoms with Crippen molar-refractivity contribution in [2.24, 2.45) is 0 Å². The maximum absolute atomic E-state index is 10.6. The van der Waals surface area contributed by atoms with Crippen LogP contribution in [0, 0.1) is 0 Å². The molecule has 0 aliphatic heterocycles. The van der Waals surface area contributed by atoms with Gasteiger partial charge in [0.25, 0.3) is 0 Å². The standard InChI is InChI=1S/C18H18O4S/c1-22-16-10-14(7-8-17(19)20)9-15(18(16)21)12-23-11-13-5-3-2-4-6-13/h2-10,21H,11-12H2,1H3,(H,19,20)/b8-7+. The van der Waals surface area contributed by atoms with E-state index in [1.807, 2.05) is 18.2 Å². The van der Waals surface area contributed by atoms with E-state index < -0.39 is 5.97 Å². The molecule has 23 heavy (non-hydrogen) atoms. The Labute approximate surface area is 139 Å². The number of ether oxygens (including phenoxy) is 1. The van der Waals surface area contributed by atoms with Gasteiger partial charge < -0.3 is 14.9 Å². The van der Waals surface area contributed by atoms with Crippen molar-refractivity contribution in [2.45, 2.75) is 11.5 Å². The predicted octanol–water partition coefficient (Wildman–Crippen LogP) is 3.93. The lowest BCUT2D eigenvalue weighted by Crippen LogP contribution is -1.92. The SMILES string of the molecule is COc1cc(/C=C/C(=O)O)cc(CSCc2ccccc2)c1O. The van der Waals surface area contributed by atoms with Crippen LogP contribution in [0.1, 0.15) is 16.7 Å². The lowest BCUT2D eigenvalue weighted by molar-refractivity contribution is -0.131. The third kappa shape index (κ3) is 5.07. The number of carboxylic acids is 1. The molecule has 0 spiro atoms. The first kappa shape index (κ1) is 17.0. The number of carboxylic acid groups (broad SMARTS) is 1. The number of phenols is 1. The van der Waals surface area contributed by atoms with E-state index in [-0.39, 0.29) is 5.75 Å². The molecule has 0 saturated carbocycles. The smallest absolute Gasteiger partial charge is 0.328 e. The van der Waals surface area contributed by atoms with Crippen LogP contribution in [0.5, 0.6) is 11.5 Å². The highest BCUT2D eigenvalue weighted by Gasteiger charge is 2.10. The summed E-state index contributed by atoms with van der Waals surface area (Å²) in [5.74, 6) is 0.856. The van der Waals surface area contributed by atoms with Crippen LogP contribution in [-0.4, -0.2) is 23.3 Å². The van der Waals surface area contributed by atoms with Gasteiger partial charge in [0, 0.05) is 23.1 Å². The van der Waals surface area contributed by atoms with Crippen LogP contribution < -0.4 is 4.74 Å². The molecule has 5 heteroatoms. The maximum atomic E-state index is 10.6. The summed E-state index contributed by atoms with van der Waals surface area (Å²) in [5.41, 5.74) is 2.61. The molecule has 2 rings (SSSR count). The number of methoxy groups -OCH3 is 1. The van der Waals surface area contributed by atoms with Gasteiger partial charge in [0.2, 0.25) is 0 Å². The van der Waals surface area contributed by atoms with Crippen molar-refractivity contribution in [2.75, 3.05) is 7.11 Å². The Kier molecular flexibility index (Phi) is 6.11. The van der Waals surface area contributed by atoms with Crippen molar-refractivity contribution < 1.29 is 19.7 Å². The first-order valence-electron chi connectivity index (χ1n) is 7.02. The molecule has 4 nitrogen and oxygen atoms in total. The van der Waals surface area contributed by atoms with Gasteiger partial charge in [-0.25, -0.2) is 4.79 Å². The van der Waals surface area contributed by atoms with Gasteiger partial charge in [0.1, 0.15) is 0 Å². The second-order valence-electron chi connectivity index (χ2n) is 4.88. The van der Waals surface area contributed by atoms with Gasteiger partial charge in [0.05, 0.1) is 7.11 Å². The number of carbonyl (C=O) groups is 1. The summed E-state index contributed by atoms with van der Waals surface area (Å²) in [6, 6.07) is 13.5. The zero-order chi connectivity index (χ0) is 16.7. The summed E-state index contributed by atoms with van der Waals surface area (Å²) in [5, 5.41) is 18.9. The molecule has 0 aliphatic carbocycles. The van der Waals surface area contributed by atoms with Crippen molar-refractivity contribution in [3.05, 3.63) is 65.2 Å². The minimum absolute atomic E-state index is 0.0977. The quantitative estimate of drug-likeness (QED) is 0.753. The Bertz CT molecular complexity index is 696. The van der Waals surface area contributed by atoms with Crippen LogP contribution >= 0.6 is 11.8 Å². The second kappa shape index (κ2) is 8.29. The number of thioether (sulfide) groups is 1. The summed E-state index contributed by atoms with van der Waals surface area (Å²) in [7, 11) is 1.47. The van der Waals surface area contributed by atoms with Crippen molar-refractivity contribution in [3.63, 3.8) is 0 Å². The fraction of sp³-hybridized carbons (Fsp3) is 0.167. The Morgan fingerprint density at radius 2 is 1.96 bits per heavy atom. The molecule has 0 aliphatic rings. The number of hydrogen-bond acceptors (Lipinski definition) is 4. The number of hydrogen-bond donors (Lipinski definition) is 2. The molecule has 120 valence electrons. The Hall–Kier alpha value is -2.40. The molecule has 0 bridgehead atoms. The molecule has 2 aromatic carbocycles. The normalized spacial score (nSPS) is 10.8. The molecule has 2 aromatic rings. The highest BCUT2D eigenvalue weighted by Crippen LogP contribution is 2.34. The van der Waals surface area contributed by atoms with Crippen molar-refractivity contribution >= 4 is 23.8 Å².